The van der Waals surface area contributed by atoms with E-state index in [1.165, 1.54) is 44.3 Å². The molecule has 10 nitrogen and oxygen atoms in total. The number of hydrogen-bond acceptors (Lipinski definition) is 8. The third-order valence-corrected chi connectivity index (χ3v) is 3.51. The summed E-state index contributed by atoms with van der Waals surface area (Å²) in [5.74, 6) is -2.34. The predicted octanol–water partition coefficient (Wildman–Crippen LogP) is 2.38. The molecule has 2 aromatic rings. The van der Waals surface area contributed by atoms with Crippen LogP contribution >= 0.6 is 0 Å². The second kappa shape index (κ2) is 12.4. The van der Waals surface area contributed by atoms with Gasteiger partial charge < -0.3 is 24.1 Å². The molecule has 1 aromatic carbocycles. The molecule has 0 fully saturated rings. The van der Waals surface area contributed by atoms with Crippen molar-refractivity contribution in [2.75, 3.05) is 27.9 Å². The zero-order chi connectivity index (χ0) is 24.3. The zero-order valence-electron chi connectivity index (χ0n) is 17.3. The van der Waals surface area contributed by atoms with Crippen molar-refractivity contribution in [3.8, 4) is 11.4 Å². The number of hydrogen-bond donors (Lipinski definition) is 1. The van der Waals surface area contributed by atoms with Gasteiger partial charge in [-0.1, -0.05) is 0 Å². The van der Waals surface area contributed by atoms with E-state index < -0.39 is 18.3 Å². The molecule has 0 saturated heterocycles. The molecule has 0 atom stereocenters. The summed E-state index contributed by atoms with van der Waals surface area (Å²) < 4.78 is 54.8. The molecule has 1 heterocycles. The van der Waals surface area contributed by atoms with Crippen molar-refractivity contribution in [3.63, 3.8) is 0 Å². The van der Waals surface area contributed by atoms with E-state index in [2.05, 4.69) is 19.3 Å². The SMILES string of the molecule is COCC(=O)CC(=O)OC.COCc1nn(-c2ccc(OC(F)(F)F)cc2)cc1C(=O)O. The molecule has 13 heteroatoms. The minimum Gasteiger partial charge on any atom is -0.478 e. The predicted molar refractivity (Wildman–Crippen MR) is 101 cm³/mol. The van der Waals surface area contributed by atoms with Gasteiger partial charge in [-0.2, -0.15) is 5.10 Å². The van der Waals surface area contributed by atoms with Crippen molar-refractivity contribution in [1.82, 2.24) is 9.78 Å². The summed E-state index contributed by atoms with van der Waals surface area (Å²) in [5.41, 5.74) is 0.558. The molecule has 0 radical (unpaired) electrons. The summed E-state index contributed by atoms with van der Waals surface area (Å²) in [4.78, 5) is 32.1. The maximum absolute atomic E-state index is 12.1. The minimum absolute atomic E-state index is 0.00387. The summed E-state index contributed by atoms with van der Waals surface area (Å²) in [5, 5.41) is 13.1. The lowest BCUT2D eigenvalue weighted by molar-refractivity contribution is -0.274. The normalized spacial score (nSPS) is 10.7. The van der Waals surface area contributed by atoms with Crippen molar-refractivity contribution >= 4 is 17.7 Å². The van der Waals surface area contributed by atoms with E-state index in [0.29, 0.717) is 5.69 Å². The van der Waals surface area contributed by atoms with Crippen LogP contribution in [0.15, 0.2) is 30.5 Å². The number of methoxy groups -OCH3 is 3. The molecule has 0 aliphatic carbocycles. The quantitative estimate of drug-likeness (QED) is 0.441. The second-order valence-corrected chi connectivity index (χ2v) is 5.94. The number of halogens is 3. The molecule has 1 N–H and O–H groups in total. The first-order valence-electron chi connectivity index (χ1n) is 8.75. The Labute approximate surface area is 180 Å². The third-order valence-electron chi connectivity index (χ3n) is 3.51. The van der Waals surface area contributed by atoms with Gasteiger partial charge >= 0.3 is 18.3 Å². The highest BCUT2D eigenvalue weighted by Gasteiger charge is 2.31. The number of ketones is 1. The number of benzene rings is 1. The molecule has 176 valence electrons. The van der Waals surface area contributed by atoms with Crippen LogP contribution in [-0.4, -0.2) is 66.9 Å². The van der Waals surface area contributed by atoms with Crippen molar-refractivity contribution in [2.45, 2.75) is 19.4 Å². The molecule has 0 aliphatic rings. The lowest BCUT2D eigenvalue weighted by Crippen LogP contribution is -2.17. The van der Waals surface area contributed by atoms with Crippen molar-refractivity contribution < 1.29 is 51.6 Å². The van der Waals surface area contributed by atoms with Gasteiger partial charge in [-0.3, -0.25) is 9.59 Å². The summed E-state index contributed by atoms with van der Waals surface area (Å²) in [6.07, 6.45) is -3.71. The van der Waals surface area contributed by atoms with E-state index in [9.17, 15) is 27.6 Å². The van der Waals surface area contributed by atoms with Gasteiger partial charge in [0.1, 0.15) is 30.0 Å². The Hall–Kier alpha value is -3.45. The molecule has 1 aromatic heterocycles. The van der Waals surface area contributed by atoms with Crippen LogP contribution in [0.4, 0.5) is 13.2 Å². The third kappa shape index (κ3) is 9.14. The standard InChI is InChI=1S/C13H11F3N2O4.C6H10O4/c1-21-7-11-10(12(19)20)6-18(17-11)8-2-4-9(5-3-8)22-13(14,15)16;1-9-4-5(7)3-6(8)10-2/h2-6H,7H2,1H3,(H,19,20);3-4H2,1-2H3. The molecule has 0 bridgehead atoms. The molecule has 0 amide bonds. The van der Waals surface area contributed by atoms with Crippen LogP contribution in [0.2, 0.25) is 0 Å². The van der Waals surface area contributed by atoms with E-state index >= 15 is 0 Å². The largest absolute Gasteiger partial charge is 0.573 e. The first-order valence-corrected chi connectivity index (χ1v) is 8.75. The Bertz CT molecular complexity index is 910. The number of alkyl halides is 3. The van der Waals surface area contributed by atoms with E-state index in [-0.39, 0.29) is 42.4 Å². The first-order chi connectivity index (χ1) is 15.0. The fraction of sp³-hybridized carbons (Fsp3) is 0.368. The van der Waals surface area contributed by atoms with Gasteiger partial charge in [0.25, 0.3) is 0 Å². The molecular formula is C19H21F3N2O8. The van der Waals surface area contributed by atoms with E-state index in [4.69, 9.17) is 9.84 Å². The maximum atomic E-state index is 12.1. The highest BCUT2D eigenvalue weighted by Crippen LogP contribution is 2.24. The number of carboxylic acids is 1. The van der Waals surface area contributed by atoms with Crippen LogP contribution in [-0.2, 0) is 30.4 Å². The van der Waals surface area contributed by atoms with Gasteiger partial charge in [0.15, 0.2) is 5.78 Å². The summed E-state index contributed by atoms with van der Waals surface area (Å²) in [6.45, 7) is -0.0288. The Morgan fingerprint density at radius 3 is 2.16 bits per heavy atom. The van der Waals surface area contributed by atoms with Crippen molar-refractivity contribution in [1.29, 1.82) is 0 Å². The van der Waals surface area contributed by atoms with Gasteiger partial charge in [0, 0.05) is 20.4 Å². The lowest BCUT2D eigenvalue weighted by atomic mass is 10.2. The van der Waals surface area contributed by atoms with Crippen molar-refractivity contribution in [3.05, 3.63) is 41.7 Å². The summed E-state index contributed by atoms with van der Waals surface area (Å²) >= 11 is 0. The number of aromatic carboxylic acids is 1. The molecule has 2 rings (SSSR count). The van der Waals surface area contributed by atoms with Crippen LogP contribution in [0.25, 0.3) is 5.69 Å². The van der Waals surface area contributed by atoms with Crippen molar-refractivity contribution in [2.24, 2.45) is 0 Å². The molecule has 0 spiro atoms. The van der Waals surface area contributed by atoms with Crippen LogP contribution in [0.3, 0.4) is 0 Å². The minimum atomic E-state index is -4.77. The molecular weight excluding hydrogens is 441 g/mol. The van der Waals surface area contributed by atoms with Gasteiger partial charge in [-0.15, -0.1) is 13.2 Å². The van der Waals surface area contributed by atoms with Gasteiger partial charge in [-0.25, -0.2) is 9.48 Å². The van der Waals surface area contributed by atoms with E-state index in [1.807, 2.05) is 0 Å². The second-order valence-electron chi connectivity index (χ2n) is 5.94. The van der Waals surface area contributed by atoms with Crippen LogP contribution in [0, 0.1) is 0 Å². The highest BCUT2D eigenvalue weighted by atomic mass is 19.4. The average Bonchev–Trinajstić information content (AvgIpc) is 3.12. The lowest BCUT2D eigenvalue weighted by Gasteiger charge is -2.09. The molecule has 0 saturated carbocycles. The number of Topliss-reactive ketones (excluding diaryl/α,β-unsaturated/α-hetero) is 1. The number of ether oxygens (including phenoxy) is 4. The number of nitrogens with zero attached hydrogens (tertiary/aromatic N) is 2. The number of carboxylic acid groups (broad SMARTS) is 1. The Kier molecular flexibility index (Phi) is 10.3. The van der Waals surface area contributed by atoms with Gasteiger partial charge in [0.05, 0.1) is 19.4 Å². The summed E-state index contributed by atoms with van der Waals surface area (Å²) in [7, 11) is 4.03. The number of aromatic nitrogens is 2. The number of carbonyl (C=O) groups is 3. The Morgan fingerprint density at radius 1 is 1.06 bits per heavy atom. The van der Waals surface area contributed by atoms with Gasteiger partial charge in [-0.05, 0) is 24.3 Å². The Morgan fingerprint density at radius 2 is 1.69 bits per heavy atom. The van der Waals surface area contributed by atoms with Gasteiger partial charge in [0.2, 0.25) is 0 Å². The van der Waals surface area contributed by atoms with E-state index in [0.717, 1.165) is 12.1 Å². The number of carbonyl (C=O) groups excluding carboxylic acids is 2. The Balaban J connectivity index is 0.000000433. The van der Waals surface area contributed by atoms with Crippen LogP contribution < -0.4 is 4.74 Å². The van der Waals surface area contributed by atoms with Crippen LogP contribution in [0.1, 0.15) is 22.5 Å². The molecule has 0 aliphatic heterocycles. The maximum Gasteiger partial charge on any atom is 0.573 e. The topological polar surface area (TPSA) is 126 Å². The first kappa shape index (κ1) is 26.6. The average molecular weight is 462 g/mol. The fourth-order valence-electron chi connectivity index (χ4n) is 2.21. The highest BCUT2D eigenvalue weighted by molar-refractivity contribution is 5.96. The van der Waals surface area contributed by atoms with E-state index in [1.54, 1.807) is 0 Å². The smallest absolute Gasteiger partial charge is 0.478 e. The molecule has 0 unspecified atom stereocenters. The zero-order valence-corrected chi connectivity index (χ0v) is 17.3. The number of esters is 1. The monoisotopic (exact) mass is 462 g/mol. The number of rotatable bonds is 9. The molecule has 32 heavy (non-hydrogen) atoms. The van der Waals surface area contributed by atoms with Crippen LogP contribution in [0.5, 0.6) is 5.75 Å². The summed E-state index contributed by atoms with van der Waals surface area (Å²) in [6, 6.07) is 4.88. The fourth-order valence-corrected chi connectivity index (χ4v) is 2.21.